The molecule has 1 N–H and O–H groups in total. The molecular weight excluding hydrogens is 289 g/mol. The molecule has 0 spiro atoms. The average Bonchev–Trinajstić information content (AvgIpc) is 2.37. The molecule has 1 aromatic rings. The van der Waals surface area contributed by atoms with Gasteiger partial charge >= 0.3 is 0 Å². The molecule has 1 rings (SSSR count). The molecular formula is C12H17Cl2N3O2. The quantitative estimate of drug-likeness (QED) is 0.617. The van der Waals surface area contributed by atoms with Crippen LogP contribution in [0.15, 0.2) is 12.1 Å². The topological polar surface area (TPSA) is 58.4 Å². The molecule has 0 aliphatic rings. The van der Waals surface area contributed by atoms with Crippen LogP contribution in [0.4, 0.5) is 11.4 Å². The van der Waals surface area contributed by atoms with E-state index in [1.165, 1.54) is 12.1 Å². The molecule has 0 saturated carbocycles. The van der Waals surface area contributed by atoms with Gasteiger partial charge in [-0.3, -0.25) is 10.1 Å². The maximum Gasteiger partial charge on any atom is 0.272 e. The molecule has 0 atom stereocenters. The minimum Gasteiger partial charge on any atom is -0.381 e. The fourth-order valence-electron chi connectivity index (χ4n) is 1.71. The molecule has 0 bridgehead atoms. The zero-order valence-electron chi connectivity index (χ0n) is 10.9. The van der Waals surface area contributed by atoms with Crippen molar-refractivity contribution in [3.05, 3.63) is 32.3 Å². The number of non-ortho nitro benzene ring substituents is 1. The lowest BCUT2D eigenvalue weighted by molar-refractivity contribution is -0.384. The number of nitro groups is 1. The van der Waals surface area contributed by atoms with Crippen LogP contribution in [0, 0.1) is 10.1 Å². The number of nitro benzene ring substituents is 1. The molecule has 0 heterocycles. The molecule has 106 valence electrons. The Kier molecular flexibility index (Phi) is 6.34. The highest BCUT2D eigenvalue weighted by molar-refractivity contribution is 6.39. The summed E-state index contributed by atoms with van der Waals surface area (Å²) in [6.07, 6.45) is 0. The van der Waals surface area contributed by atoms with E-state index in [1.54, 1.807) is 0 Å². The SMILES string of the molecule is CCN(CC)CCNc1c(Cl)cc([N+](=O)[O-])cc1Cl. The maximum atomic E-state index is 10.7. The lowest BCUT2D eigenvalue weighted by Crippen LogP contribution is -2.28. The van der Waals surface area contributed by atoms with Crippen LogP contribution in [-0.2, 0) is 0 Å². The van der Waals surface area contributed by atoms with Crippen molar-refractivity contribution in [3.8, 4) is 0 Å². The molecule has 0 aliphatic heterocycles. The second-order valence-corrected chi connectivity index (χ2v) is 4.81. The van der Waals surface area contributed by atoms with Crippen LogP contribution >= 0.6 is 23.2 Å². The van der Waals surface area contributed by atoms with Crippen molar-refractivity contribution in [3.63, 3.8) is 0 Å². The van der Waals surface area contributed by atoms with Gasteiger partial charge in [0.1, 0.15) is 0 Å². The molecule has 7 heteroatoms. The predicted octanol–water partition coefficient (Wildman–Crippen LogP) is 3.66. The minimum atomic E-state index is -0.516. The highest BCUT2D eigenvalue weighted by Gasteiger charge is 2.14. The van der Waals surface area contributed by atoms with E-state index in [0.717, 1.165) is 19.6 Å². The molecule has 5 nitrogen and oxygen atoms in total. The molecule has 19 heavy (non-hydrogen) atoms. The summed E-state index contributed by atoms with van der Waals surface area (Å²) in [5, 5.41) is 14.3. The highest BCUT2D eigenvalue weighted by atomic mass is 35.5. The van der Waals surface area contributed by atoms with Crippen LogP contribution in [0.1, 0.15) is 13.8 Å². The van der Waals surface area contributed by atoms with Crippen LogP contribution in [0.3, 0.4) is 0 Å². The van der Waals surface area contributed by atoms with Gasteiger partial charge in [-0.2, -0.15) is 0 Å². The smallest absolute Gasteiger partial charge is 0.272 e. The third kappa shape index (κ3) is 4.53. The van der Waals surface area contributed by atoms with Gasteiger partial charge in [-0.25, -0.2) is 0 Å². The Bertz CT molecular complexity index is 428. The van der Waals surface area contributed by atoms with Gasteiger partial charge in [0.2, 0.25) is 0 Å². The number of nitrogens with zero attached hydrogens (tertiary/aromatic N) is 2. The van der Waals surface area contributed by atoms with E-state index in [1.807, 2.05) is 0 Å². The molecule has 0 saturated heterocycles. The lowest BCUT2D eigenvalue weighted by Gasteiger charge is -2.19. The Balaban J connectivity index is 2.71. The highest BCUT2D eigenvalue weighted by Crippen LogP contribution is 2.34. The largest absolute Gasteiger partial charge is 0.381 e. The van der Waals surface area contributed by atoms with Gasteiger partial charge in [-0.15, -0.1) is 0 Å². The molecule has 1 aromatic carbocycles. The first-order valence-corrected chi connectivity index (χ1v) is 6.84. The van der Waals surface area contributed by atoms with Gasteiger partial charge < -0.3 is 10.2 Å². The van der Waals surface area contributed by atoms with Crippen LogP contribution in [0.5, 0.6) is 0 Å². The van der Waals surface area contributed by atoms with E-state index < -0.39 is 4.92 Å². The lowest BCUT2D eigenvalue weighted by atomic mass is 10.2. The summed E-state index contributed by atoms with van der Waals surface area (Å²) >= 11 is 12.0. The van der Waals surface area contributed by atoms with Gasteiger partial charge in [0.25, 0.3) is 5.69 Å². The Morgan fingerprint density at radius 1 is 1.26 bits per heavy atom. The van der Waals surface area contributed by atoms with E-state index in [0.29, 0.717) is 12.2 Å². The van der Waals surface area contributed by atoms with Gasteiger partial charge in [0, 0.05) is 25.2 Å². The van der Waals surface area contributed by atoms with Gasteiger partial charge in [0.15, 0.2) is 0 Å². The average molecular weight is 306 g/mol. The van der Waals surface area contributed by atoms with E-state index in [9.17, 15) is 10.1 Å². The Morgan fingerprint density at radius 2 is 1.79 bits per heavy atom. The first-order valence-electron chi connectivity index (χ1n) is 6.09. The zero-order valence-corrected chi connectivity index (χ0v) is 12.5. The van der Waals surface area contributed by atoms with Crippen LogP contribution in [0.2, 0.25) is 10.0 Å². The number of anilines is 1. The summed E-state index contributed by atoms with van der Waals surface area (Å²) in [7, 11) is 0. The van der Waals surface area contributed by atoms with Crippen molar-refractivity contribution in [2.24, 2.45) is 0 Å². The van der Waals surface area contributed by atoms with Gasteiger partial charge in [0.05, 0.1) is 20.7 Å². The summed E-state index contributed by atoms with van der Waals surface area (Å²) in [6, 6.07) is 2.60. The zero-order chi connectivity index (χ0) is 14.4. The summed E-state index contributed by atoms with van der Waals surface area (Å²) < 4.78 is 0. The Hall–Kier alpha value is -1.04. The minimum absolute atomic E-state index is 0.107. The van der Waals surface area contributed by atoms with Crippen molar-refractivity contribution < 1.29 is 4.92 Å². The number of rotatable bonds is 7. The maximum absolute atomic E-state index is 10.7. The molecule has 0 unspecified atom stereocenters. The predicted molar refractivity (Wildman–Crippen MR) is 79.4 cm³/mol. The number of halogens is 2. The van der Waals surface area contributed by atoms with E-state index in [4.69, 9.17) is 23.2 Å². The van der Waals surface area contributed by atoms with Crippen molar-refractivity contribution in [1.82, 2.24) is 4.90 Å². The summed E-state index contributed by atoms with van der Waals surface area (Å²) in [6.45, 7) is 7.67. The molecule has 0 aromatic heterocycles. The first kappa shape index (κ1) is 16.0. The van der Waals surface area contributed by atoms with E-state index in [2.05, 4.69) is 24.1 Å². The van der Waals surface area contributed by atoms with E-state index in [-0.39, 0.29) is 15.7 Å². The standard InChI is InChI=1S/C12H17Cl2N3O2/c1-3-16(4-2)6-5-15-12-10(13)7-9(17(18)19)8-11(12)14/h7-8,15H,3-6H2,1-2H3. The molecule has 0 amide bonds. The fourth-order valence-corrected chi connectivity index (χ4v) is 2.32. The van der Waals surface area contributed by atoms with Crippen molar-refractivity contribution in [2.75, 3.05) is 31.5 Å². The van der Waals surface area contributed by atoms with Crippen molar-refractivity contribution in [2.45, 2.75) is 13.8 Å². The molecule has 0 aliphatic carbocycles. The number of hydrogen-bond donors (Lipinski definition) is 1. The van der Waals surface area contributed by atoms with Crippen molar-refractivity contribution >= 4 is 34.6 Å². The number of hydrogen-bond acceptors (Lipinski definition) is 4. The first-order chi connectivity index (χ1) is 8.99. The number of nitrogens with one attached hydrogen (secondary N) is 1. The molecule has 0 radical (unpaired) electrons. The Morgan fingerprint density at radius 3 is 2.21 bits per heavy atom. The number of benzene rings is 1. The summed E-state index contributed by atoms with van der Waals surface area (Å²) in [5.41, 5.74) is 0.436. The third-order valence-corrected chi connectivity index (χ3v) is 3.46. The van der Waals surface area contributed by atoms with Crippen LogP contribution in [0.25, 0.3) is 0 Å². The van der Waals surface area contributed by atoms with Crippen molar-refractivity contribution in [1.29, 1.82) is 0 Å². The monoisotopic (exact) mass is 305 g/mol. The van der Waals surface area contributed by atoms with Gasteiger partial charge in [-0.05, 0) is 13.1 Å². The van der Waals surface area contributed by atoms with E-state index >= 15 is 0 Å². The van der Waals surface area contributed by atoms with Crippen LogP contribution < -0.4 is 5.32 Å². The Labute approximate surface area is 122 Å². The summed E-state index contributed by atoms with van der Waals surface area (Å²) in [5.74, 6) is 0. The number of likely N-dealkylation sites (N-methyl/N-ethyl adjacent to an activating group) is 1. The van der Waals surface area contributed by atoms with Gasteiger partial charge in [-0.1, -0.05) is 37.0 Å². The normalized spacial score (nSPS) is 10.8. The molecule has 0 fully saturated rings. The second kappa shape index (κ2) is 7.53. The second-order valence-electron chi connectivity index (χ2n) is 4.00. The fraction of sp³-hybridized carbons (Fsp3) is 0.500. The third-order valence-electron chi connectivity index (χ3n) is 2.86. The summed E-state index contributed by atoms with van der Waals surface area (Å²) in [4.78, 5) is 12.4. The van der Waals surface area contributed by atoms with Crippen LogP contribution in [-0.4, -0.2) is 36.0 Å².